The van der Waals surface area contributed by atoms with Gasteiger partial charge < -0.3 is 9.47 Å². The first-order chi connectivity index (χ1) is 13.6. The molecular formula is C25H25NO2. The smallest absolute Gasteiger partial charge is 0.225 e. The van der Waals surface area contributed by atoms with Crippen LogP contribution in [0.2, 0.25) is 0 Å². The highest BCUT2D eigenvalue weighted by molar-refractivity contribution is 5.96. The third-order valence-electron chi connectivity index (χ3n) is 4.24. The molecular weight excluding hydrogens is 346 g/mol. The van der Waals surface area contributed by atoms with Crippen LogP contribution in [0.3, 0.4) is 0 Å². The highest BCUT2D eigenvalue weighted by Crippen LogP contribution is 2.19. The molecule has 0 aliphatic rings. The number of aliphatic imine (C=N–C) groups is 1. The number of rotatable bonds is 6. The van der Waals surface area contributed by atoms with Crippen LogP contribution < -0.4 is 9.47 Å². The maximum atomic E-state index is 6.05. The maximum absolute atomic E-state index is 6.05. The van der Waals surface area contributed by atoms with Crippen LogP contribution in [0.5, 0.6) is 11.5 Å². The van der Waals surface area contributed by atoms with E-state index in [1.165, 1.54) is 11.1 Å². The minimum atomic E-state index is 0.502. The summed E-state index contributed by atoms with van der Waals surface area (Å²) in [6, 6.07) is 25.7. The van der Waals surface area contributed by atoms with Gasteiger partial charge in [-0.2, -0.15) is 0 Å². The van der Waals surface area contributed by atoms with Crippen molar-refractivity contribution in [3.8, 4) is 11.5 Å². The average molecular weight is 371 g/mol. The van der Waals surface area contributed by atoms with Crippen LogP contribution in [-0.2, 0) is 6.42 Å². The summed E-state index contributed by atoms with van der Waals surface area (Å²) < 4.78 is 11.9. The Kier molecular flexibility index (Phi) is 6.64. The molecule has 0 radical (unpaired) electrons. The minimum absolute atomic E-state index is 0.502. The van der Waals surface area contributed by atoms with Gasteiger partial charge in [0.1, 0.15) is 11.5 Å². The molecule has 0 saturated heterocycles. The molecule has 0 aromatic heterocycles. The Morgan fingerprint density at radius 2 is 1.61 bits per heavy atom. The minimum Gasteiger partial charge on any atom is -0.465 e. The van der Waals surface area contributed by atoms with Crippen LogP contribution in [-0.4, -0.2) is 5.90 Å². The molecule has 142 valence electrons. The van der Waals surface area contributed by atoms with Gasteiger partial charge in [0, 0.05) is 5.57 Å². The van der Waals surface area contributed by atoms with Gasteiger partial charge in [0.2, 0.25) is 5.90 Å². The van der Waals surface area contributed by atoms with Crippen LogP contribution in [0.4, 0.5) is 5.69 Å². The van der Waals surface area contributed by atoms with Gasteiger partial charge >= 0.3 is 0 Å². The molecule has 0 N–H and O–H groups in total. The second kappa shape index (κ2) is 9.56. The number of benzene rings is 3. The van der Waals surface area contributed by atoms with Gasteiger partial charge in [-0.1, -0.05) is 55.0 Å². The predicted octanol–water partition coefficient (Wildman–Crippen LogP) is 6.65. The van der Waals surface area contributed by atoms with E-state index < -0.39 is 0 Å². The summed E-state index contributed by atoms with van der Waals surface area (Å²) in [5.41, 5.74) is 4.05. The predicted molar refractivity (Wildman–Crippen MR) is 116 cm³/mol. The molecule has 0 aliphatic heterocycles. The first-order valence-corrected chi connectivity index (χ1v) is 9.45. The lowest BCUT2D eigenvalue weighted by Gasteiger charge is -2.10. The Morgan fingerprint density at radius 3 is 2.32 bits per heavy atom. The van der Waals surface area contributed by atoms with Crippen molar-refractivity contribution in [2.24, 2.45) is 4.99 Å². The maximum Gasteiger partial charge on any atom is 0.225 e. The van der Waals surface area contributed by atoms with Crippen LogP contribution in [0.1, 0.15) is 25.0 Å². The van der Waals surface area contributed by atoms with Crippen molar-refractivity contribution in [3.63, 3.8) is 0 Å². The van der Waals surface area contributed by atoms with E-state index >= 15 is 0 Å². The van der Waals surface area contributed by atoms with Crippen molar-refractivity contribution in [1.82, 2.24) is 0 Å². The summed E-state index contributed by atoms with van der Waals surface area (Å²) in [7, 11) is 0. The Hall–Kier alpha value is -3.33. The SMILES string of the molecule is CCc1cccc(O/C=C(\C)C(=Nc2ccc(C)cc2)Oc2ccccc2)c1. The topological polar surface area (TPSA) is 30.8 Å². The first kappa shape index (κ1) is 19.4. The van der Waals surface area contributed by atoms with E-state index in [4.69, 9.17) is 9.47 Å². The lowest BCUT2D eigenvalue weighted by Crippen LogP contribution is -2.10. The molecule has 3 rings (SSSR count). The number of hydrogen-bond acceptors (Lipinski definition) is 3. The van der Waals surface area contributed by atoms with E-state index in [2.05, 4.69) is 24.9 Å². The molecule has 3 aromatic carbocycles. The van der Waals surface area contributed by atoms with E-state index in [-0.39, 0.29) is 0 Å². The summed E-state index contributed by atoms with van der Waals surface area (Å²) in [6.45, 7) is 6.11. The van der Waals surface area contributed by atoms with Crippen molar-refractivity contribution >= 4 is 11.6 Å². The quantitative estimate of drug-likeness (QED) is 0.276. The lowest BCUT2D eigenvalue weighted by molar-refractivity contribution is 0.473. The lowest BCUT2D eigenvalue weighted by atomic mass is 10.2. The van der Waals surface area contributed by atoms with E-state index in [9.17, 15) is 0 Å². The number of para-hydroxylation sites is 1. The molecule has 0 unspecified atom stereocenters. The van der Waals surface area contributed by atoms with Gasteiger partial charge in [0.25, 0.3) is 0 Å². The zero-order valence-corrected chi connectivity index (χ0v) is 16.6. The molecule has 0 spiro atoms. The fraction of sp³-hybridized carbons (Fsp3) is 0.160. The summed E-state index contributed by atoms with van der Waals surface area (Å²) >= 11 is 0. The van der Waals surface area contributed by atoms with E-state index in [1.54, 1.807) is 6.26 Å². The van der Waals surface area contributed by atoms with Crippen LogP contribution in [0, 0.1) is 6.92 Å². The molecule has 3 nitrogen and oxygen atoms in total. The molecule has 0 amide bonds. The summed E-state index contributed by atoms with van der Waals surface area (Å²) in [6.07, 6.45) is 2.65. The van der Waals surface area contributed by atoms with Crippen LogP contribution in [0.25, 0.3) is 0 Å². The van der Waals surface area contributed by atoms with E-state index in [0.717, 1.165) is 29.2 Å². The van der Waals surface area contributed by atoms with Crippen molar-refractivity contribution in [3.05, 3.63) is 102 Å². The number of hydrogen-bond donors (Lipinski definition) is 0. The molecule has 0 heterocycles. The van der Waals surface area contributed by atoms with Crippen molar-refractivity contribution in [2.45, 2.75) is 27.2 Å². The van der Waals surface area contributed by atoms with Gasteiger partial charge in [-0.15, -0.1) is 0 Å². The number of nitrogens with zero attached hydrogens (tertiary/aromatic N) is 1. The van der Waals surface area contributed by atoms with Crippen LogP contribution >= 0.6 is 0 Å². The summed E-state index contributed by atoms with van der Waals surface area (Å²) in [4.78, 5) is 4.69. The Balaban J connectivity index is 1.86. The Bertz CT molecular complexity index is 957. The van der Waals surface area contributed by atoms with Gasteiger partial charge in [0.15, 0.2) is 0 Å². The molecule has 28 heavy (non-hydrogen) atoms. The highest BCUT2D eigenvalue weighted by atomic mass is 16.5. The third kappa shape index (κ3) is 5.58. The molecule has 0 aliphatic carbocycles. The fourth-order valence-corrected chi connectivity index (χ4v) is 2.57. The number of aryl methyl sites for hydroxylation is 2. The average Bonchev–Trinajstić information content (AvgIpc) is 2.74. The first-order valence-electron chi connectivity index (χ1n) is 9.45. The van der Waals surface area contributed by atoms with Crippen molar-refractivity contribution in [2.75, 3.05) is 0 Å². The monoisotopic (exact) mass is 371 g/mol. The molecule has 0 fully saturated rings. The zero-order valence-electron chi connectivity index (χ0n) is 16.6. The number of ether oxygens (including phenoxy) is 2. The van der Waals surface area contributed by atoms with Gasteiger partial charge in [-0.25, -0.2) is 4.99 Å². The van der Waals surface area contributed by atoms with Gasteiger partial charge in [0.05, 0.1) is 11.9 Å². The second-order valence-corrected chi connectivity index (χ2v) is 6.59. The third-order valence-corrected chi connectivity index (χ3v) is 4.24. The standard InChI is InChI=1S/C25H25NO2/c1-4-21-9-8-12-24(17-21)27-18-20(3)25(28-23-10-6-5-7-11-23)26-22-15-13-19(2)14-16-22/h5-18H,4H2,1-3H3/b20-18+,26-25?. The largest absolute Gasteiger partial charge is 0.465 e. The fourth-order valence-electron chi connectivity index (χ4n) is 2.57. The van der Waals surface area contributed by atoms with Gasteiger partial charge in [-0.3, -0.25) is 0 Å². The molecule has 0 bridgehead atoms. The van der Waals surface area contributed by atoms with Crippen LogP contribution in [0.15, 0.2) is 95.7 Å². The zero-order chi connectivity index (χ0) is 19.8. The summed E-state index contributed by atoms with van der Waals surface area (Å²) in [5.74, 6) is 2.03. The highest BCUT2D eigenvalue weighted by Gasteiger charge is 2.08. The Morgan fingerprint density at radius 1 is 0.893 bits per heavy atom. The Labute approximate surface area is 167 Å². The molecule has 3 aromatic rings. The molecule has 3 heteroatoms. The summed E-state index contributed by atoms with van der Waals surface area (Å²) in [5, 5.41) is 0. The van der Waals surface area contributed by atoms with E-state index in [0.29, 0.717) is 5.90 Å². The van der Waals surface area contributed by atoms with Gasteiger partial charge in [-0.05, 0) is 62.2 Å². The molecule has 0 saturated carbocycles. The normalized spacial score (nSPS) is 12.0. The second-order valence-electron chi connectivity index (χ2n) is 6.59. The van der Waals surface area contributed by atoms with E-state index in [1.807, 2.05) is 79.7 Å². The molecule has 0 atom stereocenters. The van der Waals surface area contributed by atoms with Crippen molar-refractivity contribution in [1.29, 1.82) is 0 Å². The van der Waals surface area contributed by atoms with Crippen molar-refractivity contribution < 1.29 is 9.47 Å².